The smallest absolute Gasteiger partial charge is 0.330 e. The molecule has 0 amide bonds. The fourth-order valence-electron chi connectivity index (χ4n) is 3.44. The molecule has 146 valence electrons. The molecule has 0 spiro atoms. The van der Waals surface area contributed by atoms with Gasteiger partial charge in [-0.3, -0.25) is 23.5 Å². The van der Waals surface area contributed by atoms with Gasteiger partial charge in [-0.05, 0) is 36.4 Å². The monoisotopic (exact) mass is 391 g/mol. The minimum absolute atomic E-state index is 0.0157. The number of nitrogens with one attached hydrogen (secondary N) is 2. The minimum atomic E-state index is -2.12. The second kappa shape index (κ2) is 8.64. The molecule has 8 nitrogen and oxygen atoms in total. The van der Waals surface area contributed by atoms with E-state index in [4.69, 9.17) is 0 Å². The van der Waals surface area contributed by atoms with Crippen molar-refractivity contribution < 1.29 is 8.76 Å². The maximum Gasteiger partial charge on any atom is 0.330 e. The van der Waals surface area contributed by atoms with Gasteiger partial charge in [0.25, 0.3) is 5.56 Å². The van der Waals surface area contributed by atoms with Gasteiger partial charge >= 0.3 is 5.69 Å². The molecule has 3 rings (SSSR count). The van der Waals surface area contributed by atoms with E-state index in [9.17, 15) is 18.4 Å². The maximum atomic E-state index is 12.5. The van der Waals surface area contributed by atoms with Crippen LogP contribution in [0.3, 0.4) is 0 Å². The Bertz CT molecular complexity index is 872. The average molecular weight is 391 g/mol. The molecule has 0 saturated carbocycles. The first-order valence-corrected chi connectivity index (χ1v) is 10.1. The zero-order valence-corrected chi connectivity index (χ0v) is 15.9. The summed E-state index contributed by atoms with van der Waals surface area (Å²) in [7, 11) is 0. The van der Waals surface area contributed by atoms with Crippen LogP contribution in [0.2, 0.25) is 0 Å². The van der Waals surface area contributed by atoms with Gasteiger partial charge in [0.05, 0.1) is 5.88 Å². The maximum absolute atomic E-state index is 12.5. The lowest BCUT2D eigenvalue weighted by Crippen LogP contribution is -2.44. The number of nitrogens with zero attached hydrogens (tertiary/aromatic N) is 2. The van der Waals surface area contributed by atoms with Gasteiger partial charge in [0.15, 0.2) is 0 Å². The normalized spacial score (nSPS) is 18.1. The quantitative estimate of drug-likeness (QED) is 0.716. The molecule has 2 heterocycles. The SMILES string of the molecule is C[C@H](Nc1cc(=O)n(C2CCN(CS(=O)[O-])CC2)c(=O)[nH]1)c1ccccc1. The highest BCUT2D eigenvalue weighted by molar-refractivity contribution is 7.79. The van der Waals surface area contributed by atoms with E-state index in [1.807, 2.05) is 37.3 Å². The summed E-state index contributed by atoms with van der Waals surface area (Å²) in [4.78, 5) is 29.6. The Morgan fingerprint density at radius 2 is 1.93 bits per heavy atom. The zero-order valence-electron chi connectivity index (χ0n) is 15.1. The number of hydrogen-bond donors (Lipinski definition) is 2. The van der Waals surface area contributed by atoms with E-state index < -0.39 is 16.8 Å². The topological polar surface area (TPSA) is 110 Å². The molecule has 1 aromatic carbocycles. The third-order valence-electron chi connectivity index (χ3n) is 4.85. The first-order chi connectivity index (χ1) is 12.9. The molecule has 1 saturated heterocycles. The first-order valence-electron chi connectivity index (χ1n) is 8.89. The molecule has 1 aliphatic rings. The van der Waals surface area contributed by atoms with Gasteiger partial charge < -0.3 is 9.87 Å². The Labute approximate surface area is 159 Å². The van der Waals surface area contributed by atoms with Gasteiger partial charge in [0.1, 0.15) is 5.82 Å². The van der Waals surface area contributed by atoms with Crippen molar-refractivity contribution >= 4 is 16.9 Å². The number of piperidine rings is 1. The molecule has 2 N–H and O–H groups in total. The van der Waals surface area contributed by atoms with Gasteiger partial charge in [-0.2, -0.15) is 0 Å². The minimum Gasteiger partial charge on any atom is -0.771 e. The third kappa shape index (κ3) is 4.94. The fourth-order valence-corrected chi connectivity index (χ4v) is 4.00. The summed E-state index contributed by atoms with van der Waals surface area (Å²) in [6.45, 7) is 3.03. The number of aromatic amines is 1. The Morgan fingerprint density at radius 3 is 2.52 bits per heavy atom. The third-order valence-corrected chi connectivity index (χ3v) is 5.42. The van der Waals surface area contributed by atoms with Crippen molar-refractivity contribution in [3.63, 3.8) is 0 Å². The Balaban J connectivity index is 1.71. The van der Waals surface area contributed by atoms with E-state index in [1.165, 1.54) is 10.6 Å². The van der Waals surface area contributed by atoms with Gasteiger partial charge in [0, 0.05) is 31.2 Å². The van der Waals surface area contributed by atoms with Crippen LogP contribution in [0.5, 0.6) is 0 Å². The summed E-state index contributed by atoms with van der Waals surface area (Å²) in [5, 5.41) is 3.15. The summed E-state index contributed by atoms with van der Waals surface area (Å²) >= 11 is -2.12. The summed E-state index contributed by atoms with van der Waals surface area (Å²) in [5.74, 6) is 0.370. The van der Waals surface area contributed by atoms with E-state index in [2.05, 4.69) is 10.3 Å². The molecule has 1 unspecified atom stereocenters. The van der Waals surface area contributed by atoms with E-state index in [0.29, 0.717) is 31.7 Å². The second-order valence-electron chi connectivity index (χ2n) is 6.76. The van der Waals surface area contributed by atoms with Crippen molar-refractivity contribution in [1.82, 2.24) is 14.5 Å². The molecule has 1 aliphatic heterocycles. The van der Waals surface area contributed by atoms with Crippen LogP contribution in [0, 0.1) is 0 Å². The Hall–Kier alpha value is -2.23. The molecule has 2 aromatic rings. The van der Waals surface area contributed by atoms with Crippen molar-refractivity contribution in [2.45, 2.75) is 31.8 Å². The number of likely N-dealkylation sites (tertiary alicyclic amines) is 1. The average Bonchev–Trinajstić information content (AvgIpc) is 2.63. The van der Waals surface area contributed by atoms with Crippen LogP contribution in [0.4, 0.5) is 5.82 Å². The van der Waals surface area contributed by atoms with Crippen molar-refractivity contribution in [2.75, 3.05) is 24.3 Å². The van der Waals surface area contributed by atoms with Gasteiger partial charge in [-0.1, -0.05) is 30.3 Å². The number of rotatable bonds is 6. The number of benzene rings is 1. The van der Waals surface area contributed by atoms with Crippen molar-refractivity contribution in [3.8, 4) is 0 Å². The predicted molar refractivity (Wildman–Crippen MR) is 103 cm³/mol. The first kappa shape index (κ1) is 19.5. The lowest BCUT2D eigenvalue weighted by atomic mass is 10.1. The van der Waals surface area contributed by atoms with Crippen molar-refractivity contribution in [1.29, 1.82) is 0 Å². The largest absolute Gasteiger partial charge is 0.771 e. The van der Waals surface area contributed by atoms with Crippen LogP contribution < -0.4 is 16.6 Å². The van der Waals surface area contributed by atoms with Crippen molar-refractivity contribution in [2.24, 2.45) is 0 Å². The summed E-state index contributed by atoms with van der Waals surface area (Å²) in [6, 6.07) is 10.9. The highest BCUT2D eigenvalue weighted by Gasteiger charge is 2.23. The predicted octanol–water partition coefficient (Wildman–Crippen LogP) is 1.18. The van der Waals surface area contributed by atoms with Crippen LogP contribution in [-0.2, 0) is 11.1 Å². The lowest BCUT2D eigenvalue weighted by molar-refractivity contribution is 0.204. The second-order valence-corrected chi connectivity index (χ2v) is 7.62. The van der Waals surface area contributed by atoms with E-state index >= 15 is 0 Å². The molecule has 27 heavy (non-hydrogen) atoms. The molecule has 1 aromatic heterocycles. The number of H-pyrrole nitrogens is 1. The standard InChI is InChI=1S/C18H24N4O4S/c1-13(14-5-3-2-4-6-14)19-16-11-17(23)22(18(24)20-16)15-7-9-21(10-8-15)12-27(25)26/h2-6,11,13,15,19H,7-10,12H2,1H3,(H,20,24)(H,25,26)/p-1/t13-/m0/s1. The van der Waals surface area contributed by atoms with Crippen LogP contribution in [-0.4, -0.2) is 42.2 Å². The molecule has 0 aliphatic carbocycles. The van der Waals surface area contributed by atoms with Gasteiger partial charge in [0.2, 0.25) is 0 Å². The van der Waals surface area contributed by atoms with Crippen LogP contribution in [0.25, 0.3) is 0 Å². The van der Waals surface area contributed by atoms with Crippen LogP contribution >= 0.6 is 0 Å². The molecule has 0 radical (unpaired) electrons. The molecule has 2 atom stereocenters. The molecular weight excluding hydrogens is 368 g/mol. The lowest BCUT2D eigenvalue weighted by Gasteiger charge is -2.32. The zero-order chi connectivity index (χ0) is 19.4. The van der Waals surface area contributed by atoms with E-state index in [1.54, 1.807) is 4.90 Å². The summed E-state index contributed by atoms with van der Waals surface area (Å²) in [5.41, 5.74) is 0.245. The summed E-state index contributed by atoms with van der Waals surface area (Å²) in [6.07, 6.45) is 1.13. The Morgan fingerprint density at radius 1 is 1.26 bits per heavy atom. The Kier molecular flexibility index (Phi) is 6.25. The molecule has 0 bridgehead atoms. The van der Waals surface area contributed by atoms with Crippen LogP contribution in [0.15, 0.2) is 46.0 Å². The number of anilines is 1. The van der Waals surface area contributed by atoms with E-state index in [-0.39, 0.29) is 23.5 Å². The van der Waals surface area contributed by atoms with Crippen molar-refractivity contribution in [3.05, 3.63) is 62.8 Å². The van der Waals surface area contributed by atoms with Crippen LogP contribution in [0.1, 0.15) is 37.4 Å². The molecule has 9 heteroatoms. The van der Waals surface area contributed by atoms with Gasteiger partial charge in [-0.15, -0.1) is 0 Å². The van der Waals surface area contributed by atoms with Gasteiger partial charge in [-0.25, -0.2) is 4.79 Å². The number of aromatic nitrogens is 2. The van der Waals surface area contributed by atoms with E-state index in [0.717, 1.165) is 5.56 Å². The highest BCUT2D eigenvalue weighted by Crippen LogP contribution is 2.20. The molecule has 1 fully saturated rings. The number of hydrogen-bond acceptors (Lipinski definition) is 6. The summed E-state index contributed by atoms with van der Waals surface area (Å²) < 4.78 is 22.8. The fraction of sp³-hybridized carbons (Fsp3) is 0.444. The molecular formula is C18H23N4O4S-. The highest BCUT2D eigenvalue weighted by atomic mass is 32.2.